The molecule has 0 spiro atoms. The van der Waals surface area contributed by atoms with E-state index in [0.29, 0.717) is 10.8 Å². The van der Waals surface area contributed by atoms with Crippen molar-refractivity contribution in [2.24, 2.45) is 0 Å². The SMILES string of the molecule is O=[N+]([O-])c1cccc(-n2nc3c(c2Cl)CCCCC3)c1. The highest BCUT2D eigenvalue weighted by atomic mass is 35.5. The number of hydrogen-bond acceptors (Lipinski definition) is 3. The van der Waals surface area contributed by atoms with E-state index in [1.165, 1.54) is 18.6 Å². The fraction of sp³-hybridized carbons (Fsp3) is 0.357. The van der Waals surface area contributed by atoms with Gasteiger partial charge in [0.15, 0.2) is 0 Å². The molecule has 0 radical (unpaired) electrons. The summed E-state index contributed by atoms with van der Waals surface area (Å²) in [5.74, 6) is 0. The van der Waals surface area contributed by atoms with Gasteiger partial charge in [0.05, 0.1) is 16.3 Å². The number of halogens is 1. The highest BCUT2D eigenvalue weighted by molar-refractivity contribution is 6.30. The van der Waals surface area contributed by atoms with Crippen LogP contribution in [-0.2, 0) is 12.8 Å². The smallest absolute Gasteiger partial charge is 0.258 e. The Bertz CT molecular complexity index is 666. The molecule has 6 heteroatoms. The number of hydrogen-bond donors (Lipinski definition) is 0. The van der Waals surface area contributed by atoms with Crippen LogP contribution in [0.5, 0.6) is 0 Å². The van der Waals surface area contributed by atoms with Gasteiger partial charge in [-0.2, -0.15) is 5.10 Å². The van der Waals surface area contributed by atoms with E-state index in [9.17, 15) is 10.1 Å². The molecule has 0 saturated heterocycles. The van der Waals surface area contributed by atoms with E-state index >= 15 is 0 Å². The van der Waals surface area contributed by atoms with Crippen molar-refractivity contribution in [3.05, 3.63) is 50.8 Å². The fourth-order valence-electron chi connectivity index (χ4n) is 2.60. The minimum absolute atomic E-state index is 0.0456. The van der Waals surface area contributed by atoms with Gasteiger partial charge in [0.2, 0.25) is 0 Å². The van der Waals surface area contributed by atoms with Crippen LogP contribution in [0.4, 0.5) is 5.69 Å². The summed E-state index contributed by atoms with van der Waals surface area (Å²) >= 11 is 6.41. The van der Waals surface area contributed by atoms with Crippen LogP contribution in [0, 0.1) is 10.1 Å². The number of benzene rings is 1. The van der Waals surface area contributed by atoms with E-state index in [4.69, 9.17) is 11.6 Å². The lowest BCUT2D eigenvalue weighted by Gasteiger charge is -2.04. The maximum atomic E-state index is 10.9. The molecule has 104 valence electrons. The third-order valence-electron chi connectivity index (χ3n) is 3.63. The van der Waals surface area contributed by atoms with Crippen LogP contribution in [0.1, 0.15) is 30.5 Å². The third-order valence-corrected chi connectivity index (χ3v) is 4.02. The summed E-state index contributed by atoms with van der Waals surface area (Å²) in [5, 5.41) is 16.0. The number of aromatic nitrogens is 2. The molecule has 0 unspecified atom stereocenters. The molecule has 1 aliphatic rings. The van der Waals surface area contributed by atoms with E-state index in [2.05, 4.69) is 5.10 Å². The maximum absolute atomic E-state index is 10.9. The molecule has 5 nitrogen and oxygen atoms in total. The molecule has 0 N–H and O–H groups in total. The highest BCUT2D eigenvalue weighted by Crippen LogP contribution is 2.29. The monoisotopic (exact) mass is 291 g/mol. The van der Waals surface area contributed by atoms with Crippen molar-refractivity contribution < 1.29 is 4.92 Å². The van der Waals surface area contributed by atoms with Gasteiger partial charge in [-0.05, 0) is 31.7 Å². The van der Waals surface area contributed by atoms with Crippen LogP contribution in [0.25, 0.3) is 5.69 Å². The van der Waals surface area contributed by atoms with Crippen LogP contribution >= 0.6 is 11.6 Å². The molecule has 0 atom stereocenters. The highest BCUT2D eigenvalue weighted by Gasteiger charge is 2.19. The molecule has 0 aliphatic heterocycles. The fourth-order valence-corrected chi connectivity index (χ4v) is 2.94. The minimum atomic E-state index is -0.411. The van der Waals surface area contributed by atoms with Gasteiger partial charge < -0.3 is 0 Å². The average Bonchev–Trinajstić information content (AvgIpc) is 2.64. The molecule has 0 bridgehead atoms. The van der Waals surface area contributed by atoms with E-state index in [-0.39, 0.29) is 5.69 Å². The minimum Gasteiger partial charge on any atom is -0.258 e. The summed E-state index contributed by atoms with van der Waals surface area (Å²) in [4.78, 5) is 10.4. The summed E-state index contributed by atoms with van der Waals surface area (Å²) < 4.78 is 1.62. The number of nitrogens with zero attached hydrogens (tertiary/aromatic N) is 3. The molecule has 1 heterocycles. The van der Waals surface area contributed by atoms with Gasteiger partial charge in [0.25, 0.3) is 5.69 Å². The molecule has 0 amide bonds. The van der Waals surface area contributed by atoms with E-state index in [1.54, 1.807) is 16.8 Å². The van der Waals surface area contributed by atoms with E-state index in [0.717, 1.165) is 36.9 Å². The molecule has 1 aromatic carbocycles. The van der Waals surface area contributed by atoms with Gasteiger partial charge >= 0.3 is 0 Å². The van der Waals surface area contributed by atoms with Crippen molar-refractivity contribution >= 4 is 17.3 Å². The van der Waals surface area contributed by atoms with Crippen molar-refractivity contribution in [1.82, 2.24) is 9.78 Å². The molecular formula is C14H14ClN3O2. The summed E-state index contributed by atoms with van der Waals surface area (Å²) in [6.07, 6.45) is 5.30. The zero-order valence-corrected chi connectivity index (χ0v) is 11.6. The predicted octanol–water partition coefficient (Wildman–Crippen LogP) is 3.70. The first-order chi connectivity index (χ1) is 9.66. The number of aryl methyl sites for hydroxylation is 1. The van der Waals surface area contributed by atoms with Crippen LogP contribution in [0.15, 0.2) is 24.3 Å². The molecule has 3 rings (SSSR count). The van der Waals surface area contributed by atoms with Crippen LogP contribution in [-0.4, -0.2) is 14.7 Å². The third kappa shape index (κ3) is 2.29. The Labute approximate surface area is 121 Å². The molecule has 1 aromatic heterocycles. The number of nitro groups is 1. The molecule has 0 saturated carbocycles. The molecule has 0 fully saturated rings. The van der Waals surface area contributed by atoms with Gasteiger partial charge in [-0.15, -0.1) is 0 Å². The number of rotatable bonds is 2. The Morgan fingerprint density at radius 3 is 2.85 bits per heavy atom. The molecule has 20 heavy (non-hydrogen) atoms. The molecule has 2 aromatic rings. The zero-order chi connectivity index (χ0) is 14.1. The Balaban J connectivity index is 2.06. The van der Waals surface area contributed by atoms with Gasteiger partial charge in [-0.1, -0.05) is 24.1 Å². The quantitative estimate of drug-likeness (QED) is 0.481. The second kappa shape index (κ2) is 5.25. The zero-order valence-electron chi connectivity index (χ0n) is 10.9. The summed E-state index contributed by atoms with van der Waals surface area (Å²) in [5.41, 5.74) is 2.80. The topological polar surface area (TPSA) is 61.0 Å². The van der Waals surface area contributed by atoms with E-state index in [1.807, 2.05) is 0 Å². The van der Waals surface area contributed by atoms with Gasteiger partial charge in [0, 0.05) is 17.7 Å². The van der Waals surface area contributed by atoms with Crippen LogP contribution in [0.2, 0.25) is 5.15 Å². The van der Waals surface area contributed by atoms with E-state index < -0.39 is 4.92 Å². The number of non-ortho nitro benzene ring substituents is 1. The van der Waals surface area contributed by atoms with Gasteiger partial charge in [0.1, 0.15) is 5.15 Å². The molecular weight excluding hydrogens is 278 g/mol. The summed E-state index contributed by atoms with van der Waals surface area (Å²) in [7, 11) is 0. The number of fused-ring (bicyclic) bond motifs is 1. The van der Waals surface area contributed by atoms with Crippen LogP contribution < -0.4 is 0 Å². The normalized spacial score (nSPS) is 14.7. The first-order valence-electron chi connectivity index (χ1n) is 6.68. The van der Waals surface area contributed by atoms with Crippen molar-refractivity contribution in [3.63, 3.8) is 0 Å². The summed E-state index contributed by atoms with van der Waals surface area (Å²) in [6, 6.07) is 6.39. The Kier molecular flexibility index (Phi) is 3.44. The first-order valence-corrected chi connectivity index (χ1v) is 7.05. The lowest BCUT2D eigenvalue weighted by atomic mass is 10.1. The largest absolute Gasteiger partial charge is 0.271 e. The van der Waals surface area contributed by atoms with Crippen molar-refractivity contribution in [2.45, 2.75) is 32.1 Å². The standard InChI is InChI=1S/C14H14ClN3O2/c15-14-12-7-2-1-3-8-13(12)16-17(14)10-5-4-6-11(9-10)18(19)20/h4-6,9H,1-3,7-8H2. The lowest BCUT2D eigenvalue weighted by Crippen LogP contribution is -1.99. The van der Waals surface area contributed by atoms with Crippen molar-refractivity contribution in [3.8, 4) is 5.69 Å². The first kappa shape index (κ1) is 13.1. The Morgan fingerprint density at radius 2 is 2.05 bits per heavy atom. The lowest BCUT2D eigenvalue weighted by molar-refractivity contribution is -0.384. The molecule has 1 aliphatic carbocycles. The Hall–Kier alpha value is -1.88. The second-order valence-electron chi connectivity index (χ2n) is 4.97. The van der Waals surface area contributed by atoms with Crippen molar-refractivity contribution in [2.75, 3.05) is 0 Å². The van der Waals surface area contributed by atoms with Gasteiger partial charge in [-0.25, -0.2) is 4.68 Å². The van der Waals surface area contributed by atoms with Gasteiger partial charge in [-0.3, -0.25) is 10.1 Å². The summed E-state index contributed by atoms with van der Waals surface area (Å²) in [6.45, 7) is 0. The average molecular weight is 292 g/mol. The number of nitro benzene ring substituents is 1. The second-order valence-corrected chi connectivity index (χ2v) is 5.32. The maximum Gasteiger partial charge on any atom is 0.271 e. The predicted molar refractivity (Wildman–Crippen MR) is 76.5 cm³/mol. The Morgan fingerprint density at radius 1 is 1.25 bits per heavy atom. The van der Waals surface area contributed by atoms with Crippen molar-refractivity contribution in [1.29, 1.82) is 0 Å². The van der Waals surface area contributed by atoms with Crippen LogP contribution in [0.3, 0.4) is 0 Å².